The van der Waals surface area contributed by atoms with E-state index in [1.807, 2.05) is 127 Å². The molecule has 4 aromatic carbocycles. The molecule has 18 heterocycles. The fraction of sp³-hybridized carbons (Fsp3) is 0.447. The van der Waals surface area contributed by atoms with Gasteiger partial charge in [-0.1, -0.05) is 38.1 Å². The highest BCUT2D eigenvalue weighted by Crippen LogP contribution is 2.49. The van der Waals surface area contributed by atoms with Crippen molar-refractivity contribution in [2.24, 2.45) is 42.3 Å². The summed E-state index contributed by atoms with van der Waals surface area (Å²) < 4.78 is 27.1. The Morgan fingerprint density at radius 3 is 1.09 bits per heavy atom. The molecule has 10 aliphatic rings. The van der Waals surface area contributed by atoms with Gasteiger partial charge in [0.25, 0.3) is 0 Å². The van der Waals surface area contributed by atoms with Gasteiger partial charge in [0, 0.05) is 294 Å². The first-order chi connectivity index (χ1) is 60.0. The molecule has 0 saturated carbocycles. The molecule has 2 fully saturated rings. The Hall–Kier alpha value is -12.4. The van der Waals surface area contributed by atoms with Crippen LogP contribution >= 0.6 is 0 Å². The molecule has 0 bridgehead atoms. The maximum Gasteiger partial charge on any atom is 0.219 e. The van der Waals surface area contributed by atoms with Crippen LogP contribution < -0.4 is 19.6 Å². The Kier molecular flexibility index (Phi) is 21.8. The minimum atomic E-state index is 0.127. The van der Waals surface area contributed by atoms with E-state index in [0.29, 0.717) is 44.1 Å². The zero-order chi connectivity index (χ0) is 85.6. The topological polar surface area (TPSA) is 255 Å². The van der Waals surface area contributed by atoms with Crippen LogP contribution in [-0.4, -0.2) is 200 Å². The zero-order valence-electron chi connectivity index (χ0n) is 73.4. The second-order valence-electron chi connectivity index (χ2n) is 35.3. The van der Waals surface area contributed by atoms with E-state index in [0.717, 1.165) is 189 Å². The fourth-order valence-corrected chi connectivity index (χ4v) is 20.4. The van der Waals surface area contributed by atoms with Gasteiger partial charge in [0.2, 0.25) is 23.6 Å². The number of ether oxygens (including phenoxy) is 2. The lowest BCUT2D eigenvalue weighted by molar-refractivity contribution is -0.130. The van der Waals surface area contributed by atoms with Crippen molar-refractivity contribution < 1.29 is 28.7 Å². The minimum Gasteiger partial charge on any atom is -0.381 e. The molecule has 2 saturated heterocycles. The molecule has 644 valence electrons. The number of carbonyl (C=O) groups excluding carboxylic acids is 4. The second kappa shape index (κ2) is 33.3. The van der Waals surface area contributed by atoms with Gasteiger partial charge in [-0.15, -0.1) is 0 Å². The summed E-state index contributed by atoms with van der Waals surface area (Å²) in [7, 11) is 11.8. The number of aryl methyl sites for hydroxylation is 7. The largest absolute Gasteiger partial charge is 0.381 e. The number of benzene rings is 4. The third-order valence-electron chi connectivity index (χ3n) is 27.1. The summed E-state index contributed by atoms with van der Waals surface area (Å²) in [4.78, 5) is 65.4. The van der Waals surface area contributed by atoms with Crippen molar-refractivity contribution in [3.63, 3.8) is 0 Å². The average Bonchev–Trinajstić information content (AvgIpc) is 1.61. The molecule has 10 aliphatic heterocycles. The minimum absolute atomic E-state index is 0.127. The van der Waals surface area contributed by atoms with Gasteiger partial charge in [-0.05, 0) is 132 Å². The van der Waals surface area contributed by atoms with E-state index in [1.165, 1.54) is 112 Å². The van der Waals surface area contributed by atoms with Crippen LogP contribution in [0.25, 0.3) is 44.5 Å². The molecule has 1 unspecified atom stereocenters. The van der Waals surface area contributed by atoms with E-state index >= 15 is 0 Å². The maximum absolute atomic E-state index is 12.2. The molecule has 22 rings (SSSR count). The van der Waals surface area contributed by atoms with Crippen molar-refractivity contribution in [2.75, 3.05) is 98.4 Å². The number of nitrogens with zero attached hydrogens (tertiary/aromatic N) is 24. The number of hydrogen-bond acceptors (Lipinski definition) is 18. The predicted octanol–water partition coefficient (Wildman–Crippen LogP) is 12.4. The van der Waals surface area contributed by atoms with Crippen LogP contribution in [0.5, 0.6) is 0 Å². The van der Waals surface area contributed by atoms with Gasteiger partial charge in [-0.3, -0.25) is 56.6 Å². The number of rotatable bonds is 10. The monoisotopic (exact) mass is 1670 g/mol. The van der Waals surface area contributed by atoms with Crippen molar-refractivity contribution in [1.29, 1.82) is 0 Å². The molecule has 8 aromatic heterocycles. The molecule has 0 aliphatic carbocycles. The van der Waals surface area contributed by atoms with Crippen LogP contribution in [0.3, 0.4) is 0 Å². The van der Waals surface area contributed by atoms with Gasteiger partial charge in [0.05, 0.1) is 69.7 Å². The first-order valence-corrected chi connectivity index (χ1v) is 44.1. The van der Waals surface area contributed by atoms with Crippen LogP contribution in [0.1, 0.15) is 158 Å². The summed E-state index contributed by atoms with van der Waals surface area (Å²) in [5.74, 6) is 5.36. The van der Waals surface area contributed by atoms with E-state index in [9.17, 15) is 19.2 Å². The molecule has 3 atom stereocenters. The van der Waals surface area contributed by atoms with Gasteiger partial charge in [0.15, 0.2) is 23.3 Å². The van der Waals surface area contributed by atoms with E-state index < -0.39 is 0 Å². The predicted molar refractivity (Wildman–Crippen MR) is 475 cm³/mol. The highest BCUT2D eigenvalue weighted by Gasteiger charge is 2.40. The van der Waals surface area contributed by atoms with E-state index in [-0.39, 0.29) is 29.7 Å². The lowest BCUT2D eigenvalue weighted by Crippen LogP contribution is -2.35. The summed E-state index contributed by atoms with van der Waals surface area (Å²) in [6, 6.07) is 27.4. The Balaban J connectivity index is 0.000000109. The molecular weight excluding hydrogens is 1560 g/mol. The lowest BCUT2D eigenvalue weighted by Gasteiger charge is -2.32. The lowest BCUT2D eigenvalue weighted by atomic mass is 9.96. The van der Waals surface area contributed by atoms with E-state index in [1.54, 1.807) is 27.7 Å². The van der Waals surface area contributed by atoms with E-state index in [4.69, 9.17) is 29.9 Å². The molecule has 30 heteroatoms. The standard InChI is InChI=1S/2C25H30N6O2.2C22H26N6O/c1-17(32)29-9-6-24-22(16-29)25(27-31(24)21-7-11-33-12-8-21)30-10-5-19-13-18(3-4-23(19)30)20-14-26-28(2)15-20;1-17(32)29-10-7-24-22(15-29)25(27-31(24)21-8-11-33-16-21)30-9-3-4-19-12-18(5-6-23(19)30)20-13-26-28(2)14-20;2*1-14-11-28(21-6-5-16(9-18(14)21)17-10-23-25(3)12-17)22-19-13-27(15(2)29)8-7-20(19)26(4)24-22/h3-4,13-15,21H,5-12,16H2,1-2H3;5-6,12-14,21H,3-4,7-11,15-16H2,1-2H3;2*5-6,9-10,12,14H,7-8,11,13H2,1-4H3/t;;2*14-/m..10/s1. The number of aromatic nitrogens is 16. The first-order valence-electron chi connectivity index (χ1n) is 44.1. The molecule has 0 N–H and O–H groups in total. The van der Waals surface area contributed by atoms with Gasteiger partial charge >= 0.3 is 0 Å². The number of amides is 4. The third kappa shape index (κ3) is 15.4. The summed E-state index contributed by atoms with van der Waals surface area (Å²) >= 11 is 0. The molecule has 0 radical (unpaired) electrons. The van der Waals surface area contributed by atoms with Crippen molar-refractivity contribution in [2.45, 2.75) is 156 Å². The van der Waals surface area contributed by atoms with E-state index in [2.05, 4.69) is 148 Å². The first kappa shape index (κ1) is 81.2. The molecular formula is C94H112N24O6. The highest BCUT2D eigenvalue weighted by atomic mass is 16.5. The number of carbonyl (C=O) groups is 4. The van der Waals surface area contributed by atoms with Gasteiger partial charge < -0.3 is 48.7 Å². The summed E-state index contributed by atoms with van der Waals surface area (Å²) in [5, 5.41) is 37.4. The molecule has 124 heavy (non-hydrogen) atoms. The van der Waals surface area contributed by atoms with Crippen LogP contribution in [0.15, 0.2) is 122 Å². The SMILES string of the molecule is CC(=O)N1CCc2c(c(N3CCCc4cc(-c5cnn(C)c5)ccc43)nn2C2CCOC2)C1.CC(=O)N1CCc2c(c(N3CCc4cc(-c5cnn(C)c5)ccc43)nn2C2CCOCC2)C1.CC(=O)N1CCc2c(c(N3C[C@@H](C)c4cc(-c5cnn(C)c5)ccc43)nn2C)C1.CC(=O)N1CCc2c(c(N3C[C@H](C)c4cc(-c5cnn(C)c5)ccc43)nn2C)C1. The van der Waals surface area contributed by atoms with Crippen molar-refractivity contribution >= 4 is 69.6 Å². The van der Waals surface area contributed by atoms with Gasteiger partial charge in [0.1, 0.15) is 0 Å². The molecule has 30 nitrogen and oxygen atoms in total. The smallest absolute Gasteiger partial charge is 0.219 e. The highest BCUT2D eigenvalue weighted by molar-refractivity contribution is 5.83. The fourth-order valence-electron chi connectivity index (χ4n) is 20.4. The average molecular weight is 1670 g/mol. The van der Waals surface area contributed by atoms with Crippen LogP contribution in [-0.2, 0) is 136 Å². The van der Waals surface area contributed by atoms with Gasteiger partial charge in [-0.25, -0.2) is 0 Å². The Labute approximate surface area is 723 Å². The Morgan fingerprint density at radius 1 is 0.355 bits per heavy atom. The van der Waals surface area contributed by atoms with Crippen molar-refractivity contribution in [1.82, 2.24) is 97.8 Å². The normalized spacial score (nSPS) is 18.8. The molecule has 0 spiro atoms. The molecule has 12 aromatic rings. The van der Waals surface area contributed by atoms with Crippen LogP contribution in [0, 0.1) is 0 Å². The number of anilines is 8. The molecule has 4 amide bonds. The quantitative estimate of drug-likeness (QED) is 0.123. The summed E-state index contributed by atoms with van der Waals surface area (Å²) in [5.41, 5.74) is 29.4. The van der Waals surface area contributed by atoms with Crippen LogP contribution in [0.2, 0.25) is 0 Å². The Morgan fingerprint density at radius 2 is 0.702 bits per heavy atom. The maximum atomic E-state index is 12.2. The van der Waals surface area contributed by atoms with Crippen molar-refractivity contribution in [3.05, 3.63) is 190 Å². The third-order valence-corrected chi connectivity index (χ3v) is 27.1. The number of fused-ring (bicyclic) bond motifs is 8. The summed E-state index contributed by atoms with van der Waals surface area (Å²) in [6.07, 6.45) is 25.4. The Bertz CT molecular complexity index is 5910. The second-order valence-corrected chi connectivity index (χ2v) is 35.3. The van der Waals surface area contributed by atoms with Crippen molar-refractivity contribution in [3.8, 4) is 44.5 Å². The summed E-state index contributed by atoms with van der Waals surface area (Å²) in [6.45, 7) is 23.5. The number of hydrogen-bond donors (Lipinski definition) is 0. The van der Waals surface area contributed by atoms with Crippen LogP contribution in [0.4, 0.5) is 46.0 Å². The zero-order valence-corrected chi connectivity index (χ0v) is 73.4. The van der Waals surface area contributed by atoms with Gasteiger partial charge in [-0.2, -0.15) is 40.8 Å².